The Morgan fingerprint density at radius 2 is 1.42 bits per heavy atom. The van der Waals surface area contributed by atoms with Crippen LogP contribution in [0.15, 0.2) is 84.9 Å². The quantitative estimate of drug-likeness (QED) is 0.278. The molecule has 31 heavy (non-hydrogen) atoms. The van der Waals surface area contributed by atoms with Gasteiger partial charge in [0.15, 0.2) is 0 Å². The van der Waals surface area contributed by atoms with Crippen LogP contribution in [-0.2, 0) is 12.8 Å². The van der Waals surface area contributed by atoms with E-state index in [1.807, 2.05) is 0 Å². The molecule has 0 radical (unpaired) electrons. The molecule has 0 saturated carbocycles. The van der Waals surface area contributed by atoms with Crippen molar-refractivity contribution >= 4 is 21.8 Å². The molecule has 0 amide bonds. The van der Waals surface area contributed by atoms with E-state index in [1.54, 1.807) is 0 Å². The van der Waals surface area contributed by atoms with Crippen LogP contribution in [-0.4, -0.2) is 4.57 Å². The first-order valence-electron chi connectivity index (χ1n) is 11.4. The minimum absolute atomic E-state index is 1.06. The standard InChI is InChI=1S/C30H29N/c1-4-10-23-19-30-28(20-27(23)25-12-7-6-11-21(25)3)26-13-8-9-14-29(26)31(30)24-17-15-22(5-2)16-18-24/h6-9,11-20H,4-5,10H2,1-3H3. The average Bonchev–Trinajstić information content (AvgIpc) is 3.12. The lowest BCUT2D eigenvalue weighted by atomic mass is 9.92. The van der Waals surface area contributed by atoms with E-state index in [2.05, 4.69) is 110 Å². The van der Waals surface area contributed by atoms with E-state index in [9.17, 15) is 0 Å². The van der Waals surface area contributed by atoms with Crippen LogP contribution >= 0.6 is 0 Å². The van der Waals surface area contributed by atoms with E-state index in [1.165, 1.54) is 55.3 Å². The summed E-state index contributed by atoms with van der Waals surface area (Å²) in [5.41, 5.74) is 10.6. The molecule has 1 heteroatoms. The lowest BCUT2D eigenvalue weighted by molar-refractivity contribution is 0.924. The number of aryl methyl sites for hydroxylation is 3. The molecule has 154 valence electrons. The van der Waals surface area contributed by atoms with Crippen molar-refractivity contribution in [2.75, 3.05) is 0 Å². The monoisotopic (exact) mass is 403 g/mol. The molecule has 0 aliphatic rings. The first-order chi connectivity index (χ1) is 15.2. The molecule has 0 spiro atoms. The summed E-state index contributed by atoms with van der Waals surface area (Å²) in [5.74, 6) is 0. The Labute approximate surface area is 185 Å². The van der Waals surface area contributed by atoms with Gasteiger partial charge in [0.25, 0.3) is 0 Å². The van der Waals surface area contributed by atoms with E-state index in [4.69, 9.17) is 0 Å². The van der Waals surface area contributed by atoms with Gasteiger partial charge in [0, 0.05) is 16.5 Å². The van der Waals surface area contributed by atoms with Gasteiger partial charge in [0.2, 0.25) is 0 Å². The van der Waals surface area contributed by atoms with Gasteiger partial charge in [-0.2, -0.15) is 0 Å². The smallest absolute Gasteiger partial charge is 0.0544 e. The van der Waals surface area contributed by atoms with Gasteiger partial charge in [-0.25, -0.2) is 0 Å². The maximum Gasteiger partial charge on any atom is 0.0544 e. The lowest BCUT2D eigenvalue weighted by Crippen LogP contribution is -1.97. The van der Waals surface area contributed by atoms with Gasteiger partial charge in [-0.15, -0.1) is 0 Å². The van der Waals surface area contributed by atoms with Crippen LogP contribution < -0.4 is 0 Å². The van der Waals surface area contributed by atoms with Crippen LogP contribution in [0.3, 0.4) is 0 Å². The third kappa shape index (κ3) is 3.35. The molecule has 0 N–H and O–H groups in total. The van der Waals surface area contributed by atoms with Crippen molar-refractivity contribution in [2.45, 2.75) is 40.0 Å². The second-order valence-electron chi connectivity index (χ2n) is 8.46. The van der Waals surface area contributed by atoms with Crippen molar-refractivity contribution in [3.05, 3.63) is 102 Å². The number of benzene rings is 4. The van der Waals surface area contributed by atoms with Crippen LogP contribution in [0.25, 0.3) is 38.6 Å². The van der Waals surface area contributed by atoms with E-state index in [0.29, 0.717) is 0 Å². The summed E-state index contributed by atoms with van der Waals surface area (Å²) in [4.78, 5) is 0. The predicted octanol–water partition coefficient (Wildman–Crippen LogP) is 8.27. The van der Waals surface area contributed by atoms with Crippen molar-refractivity contribution < 1.29 is 0 Å². The van der Waals surface area contributed by atoms with Gasteiger partial charge >= 0.3 is 0 Å². The molecule has 1 heterocycles. The number of hydrogen-bond acceptors (Lipinski definition) is 0. The van der Waals surface area contributed by atoms with E-state index in [0.717, 1.165) is 19.3 Å². The molecule has 4 aromatic carbocycles. The molecular formula is C30H29N. The Bertz CT molecular complexity index is 1370. The van der Waals surface area contributed by atoms with E-state index < -0.39 is 0 Å². The maximum absolute atomic E-state index is 2.44. The number of nitrogens with zero attached hydrogens (tertiary/aromatic N) is 1. The molecule has 5 aromatic rings. The fourth-order valence-electron chi connectivity index (χ4n) is 4.82. The normalized spacial score (nSPS) is 11.5. The van der Waals surface area contributed by atoms with Gasteiger partial charge in [0.05, 0.1) is 11.0 Å². The number of aromatic nitrogens is 1. The molecular weight excluding hydrogens is 374 g/mol. The number of fused-ring (bicyclic) bond motifs is 3. The summed E-state index contributed by atoms with van der Waals surface area (Å²) in [6, 6.07) is 31.5. The van der Waals surface area contributed by atoms with Crippen molar-refractivity contribution in [1.82, 2.24) is 4.57 Å². The van der Waals surface area contributed by atoms with Crippen LogP contribution in [0.1, 0.15) is 37.0 Å². The highest BCUT2D eigenvalue weighted by Gasteiger charge is 2.16. The summed E-state index contributed by atoms with van der Waals surface area (Å²) in [6.07, 6.45) is 3.28. The SMILES string of the molecule is CCCc1cc2c(cc1-c1ccccc1C)c1ccccc1n2-c1ccc(CC)cc1. The Hall–Kier alpha value is -3.32. The second kappa shape index (κ2) is 8.07. The minimum atomic E-state index is 1.06. The first kappa shape index (κ1) is 19.6. The molecule has 0 fully saturated rings. The third-order valence-electron chi connectivity index (χ3n) is 6.45. The Morgan fingerprint density at radius 3 is 2.16 bits per heavy atom. The fourth-order valence-corrected chi connectivity index (χ4v) is 4.82. The van der Waals surface area contributed by atoms with Crippen molar-refractivity contribution in [2.24, 2.45) is 0 Å². The van der Waals surface area contributed by atoms with Crippen LogP contribution in [0.2, 0.25) is 0 Å². The Morgan fingerprint density at radius 1 is 0.677 bits per heavy atom. The van der Waals surface area contributed by atoms with E-state index in [-0.39, 0.29) is 0 Å². The Balaban J connectivity index is 1.85. The molecule has 0 aliphatic carbocycles. The first-order valence-corrected chi connectivity index (χ1v) is 11.4. The lowest BCUT2D eigenvalue weighted by Gasteiger charge is -2.14. The largest absolute Gasteiger partial charge is 0.309 e. The van der Waals surface area contributed by atoms with Crippen LogP contribution in [0.5, 0.6) is 0 Å². The molecule has 0 unspecified atom stereocenters. The van der Waals surface area contributed by atoms with Gasteiger partial charge in [-0.05, 0) is 77.9 Å². The number of para-hydroxylation sites is 1. The summed E-state index contributed by atoms with van der Waals surface area (Å²) >= 11 is 0. The number of hydrogen-bond donors (Lipinski definition) is 0. The predicted molar refractivity (Wildman–Crippen MR) is 134 cm³/mol. The highest BCUT2D eigenvalue weighted by Crippen LogP contribution is 2.38. The average molecular weight is 404 g/mol. The van der Waals surface area contributed by atoms with Crippen LogP contribution in [0.4, 0.5) is 0 Å². The molecule has 0 bridgehead atoms. The summed E-state index contributed by atoms with van der Waals surface area (Å²) in [7, 11) is 0. The Kier molecular flexibility index (Phi) is 5.11. The van der Waals surface area contributed by atoms with Gasteiger partial charge < -0.3 is 4.57 Å². The van der Waals surface area contributed by atoms with Gasteiger partial charge in [-0.1, -0.05) is 74.9 Å². The summed E-state index contributed by atoms with van der Waals surface area (Å²) in [6.45, 7) is 6.69. The highest BCUT2D eigenvalue weighted by molar-refractivity contribution is 6.11. The van der Waals surface area contributed by atoms with Crippen molar-refractivity contribution in [1.29, 1.82) is 0 Å². The van der Waals surface area contributed by atoms with Crippen LogP contribution in [0, 0.1) is 6.92 Å². The molecule has 1 aromatic heterocycles. The zero-order valence-corrected chi connectivity index (χ0v) is 18.7. The zero-order valence-electron chi connectivity index (χ0n) is 18.7. The molecule has 5 rings (SSSR count). The topological polar surface area (TPSA) is 4.93 Å². The molecule has 0 aliphatic heterocycles. The minimum Gasteiger partial charge on any atom is -0.309 e. The summed E-state index contributed by atoms with van der Waals surface area (Å²) in [5, 5.41) is 2.64. The zero-order chi connectivity index (χ0) is 21.4. The third-order valence-corrected chi connectivity index (χ3v) is 6.45. The second-order valence-corrected chi connectivity index (χ2v) is 8.46. The van der Waals surface area contributed by atoms with Gasteiger partial charge in [0.1, 0.15) is 0 Å². The fraction of sp³-hybridized carbons (Fsp3) is 0.200. The molecule has 0 atom stereocenters. The maximum atomic E-state index is 2.44. The van der Waals surface area contributed by atoms with Crippen molar-refractivity contribution in [3.63, 3.8) is 0 Å². The molecule has 0 saturated heterocycles. The summed E-state index contributed by atoms with van der Waals surface area (Å²) < 4.78 is 2.44. The van der Waals surface area contributed by atoms with Crippen molar-refractivity contribution in [3.8, 4) is 16.8 Å². The number of rotatable bonds is 5. The molecule has 1 nitrogen and oxygen atoms in total. The highest BCUT2D eigenvalue weighted by atomic mass is 15.0. The van der Waals surface area contributed by atoms with E-state index >= 15 is 0 Å². The van der Waals surface area contributed by atoms with Gasteiger partial charge in [-0.3, -0.25) is 0 Å².